The number of amides is 1. The van der Waals surface area contributed by atoms with Gasteiger partial charge in [0.2, 0.25) is 5.91 Å². The van der Waals surface area contributed by atoms with E-state index in [2.05, 4.69) is 5.32 Å². The van der Waals surface area contributed by atoms with Crippen LogP contribution in [0.15, 0.2) is 53.7 Å². The monoisotopic (exact) mass is 428 g/mol. The molecule has 0 saturated carbocycles. The normalized spacial score (nSPS) is 18.9. The zero-order chi connectivity index (χ0) is 20.7. The third-order valence-corrected chi connectivity index (χ3v) is 6.17. The van der Waals surface area contributed by atoms with Crippen molar-refractivity contribution in [3.05, 3.63) is 69.3 Å². The first-order chi connectivity index (χ1) is 13.9. The highest BCUT2D eigenvalue weighted by Gasteiger charge is 2.40. The molecular weight excluding hydrogens is 407 g/mol. The van der Waals surface area contributed by atoms with Crippen molar-refractivity contribution >= 4 is 46.3 Å². The first kappa shape index (κ1) is 20.0. The molecule has 6 heteroatoms. The molecule has 1 aliphatic heterocycles. The van der Waals surface area contributed by atoms with Crippen LogP contribution >= 0.6 is 23.2 Å². The molecule has 0 unspecified atom stereocenters. The standard InChI is InChI=1S/C23H22Cl2N2O2/c1-13(2)23(29)27-19-8-4-3-6-17(19)26-18-7-5-9-20(28)21(18)22(27)14-10-11-15(24)16(25)12-14/h3-4,6,8,10-13,22,26H,5,7,9H2,1-2H3/t22-/m1/s1. The molecule has 1 atom stereocenters. The van der Waals surface area contributed by atoms with Crippen molar-refractivity contribution in [3.8, 4) is 0 Å². The fourth-order valence-corrected chi connectivity index (χ4v) is 4.36. The summed E-state index contributed by atoms with van der Waals surface area (Å²) in [7, 11) is 0. The van der Waals surface area contributed by atoms with Gasteiger partial charge in [-0.3, -0.25) is 14.5 Å². The predicted molar refractivity (Wildman–Crippen MR) is 117 cm³/mol. The maximum Gasteiger partial charge on any atom is 0.230 e. The van der Waals surface area contributed by atoms with Crippen molar-refractivity contribution in [1.29, 1.82) is 0 Å². The number of para-hydroxylation sites is 2. The van der Waals surface area contributed by atoms with E-state index in [-0.39, 0.29) is 17.6 Å². The highest BCUT2D eigenvalue weighted by atomic mass is 35.5. The molecule has 4 nitrogen and oxygen atoms in total. The lowest BCUT2D eigenvalue weighted by molar-refractivity contribution is -0.121. The molecule has 1 aliphatic carbocycles. The molecule has 2 aliphatic rings. The summed E-state index contributed by atoms with van der Waals surface area (Å²) in [5, 5.41) is 4.29. The molecule has 0 radical (unpaired) electrons. The summed E-state index contributed by atoms with van der Waals surface area (Å²) in [6, 6.07) is 12.4. The first-order valence-corrected chi connectivity index (χ1v) is 10.5. The number of hydrogen-bond acceptors (Lipinski definition) is 3. The SMILES string of the molecule is CC(C)C(=O)N1c2ccccc2NC2=C(C(=O)CCC2)[C@H]1c1ccc(Cl)c(Cl)c1. The topological polar surface area (TPSA) is 49.4 Å². The Labute approximate surface area is 180 Å². The Morgan fingerprint density at radius 1 is 1.10 bits per heavy atom. The maximum atomic E-state index is 13.4. The van der Waals surface area contributed by atoms with E-state index >= 15 is 0 Å². The van der Waals surface area contributed by atoms with Gasteiger partial charge in [-0.2, -0.15) is 0 Å². The van der Waals surface area contributed by atoms with Gasteiger partial charge in [-0.1, -0.05) is 55.2 Å². The molecule has 1 amide bonds. The number of carbonyl (C=O) groups excluding carboxylic acids is 2. The summed E-state index contributed by atoms with van der Waals surface area (Å²) in [4.78, 5) is 28.3. The molecule has 1 N–H and O–H groups in total. The average Bonchev–Trinajstić information content (AvgIpc) is 2.84. The Kier molecular flexibility index (Phi) is 5.41. The number of allylic oxidation sites excluding steroid dienone is 1. The van der Waals surface area contributed by atoms with Gasteiger partial charge in [0.05, 0.1) is 27.5 Å². The van der Waals surface area contributed by atoms with Crippen molar-refractivity contribution < 1.29 is 9.59 Å². The van der Waals surface area contributed by atoms with Gasteiger partial charge in [0, 0.05) is 23.6 Å². The van der Waals surface area contributed by atoms with Crippen LogP contribution in [0.25, 0.3) is 0 Å². The molecule has 0 aromatic heterocycles. The van der Waals surface area contributed by atoms with Crippen molar-refractivity contribution in [2.45, 2.75) is 39.2 Å². The summed E-state index contributed by atoms with van der Waals surface area (Å²) >= 11 is 12.5. The Bertz CT molecular complexity index is 1030. The number of benzene rings is 2. The zero-order valence-corrected chi connectivity index (χ0v) is 17.8. The summed E-state index contributed by atoms with van der Waals surface area (Å²) in [5.41, 5.74) is 3.87. The molecule has 0 fully saturated rings. The predicted octanol–water partition coefficient (Wildman–Crippen LogP) is 6.16. The van der Waals surface area contributed by atoms with E-state index in [1.165, 1.54) is 0 Å². The van der Waals surface area contributed by atoms with Crippen LogP contribution in [-0.4, -0.2) is 11.7 Å². The highest BCUT2D eigenvalue weighted by Crippen LogP contribution is 2.46. The summed E-state index contributed by atoms with van der Waals surface area (Å²) in [6.45, 7) is 3.74. The van der Waals surface area contributed by atoms with Gasteiger partial charge in [-0.15, -0.1) is 0 Å². The van der Waals surface area contributed by atoms with Gasteiger partial charge in [-0.25, -0.2) is 0 Å². The van der Waals surface area contributed by atoms with E-state index in [0.717, 1.165) is 35.5 Å². The van der Waals surface area contributed by atoms with E-state index in [1.54, 1.807) is 17.0 Å². The minimum absolute atomic E-state index is 0.0533. The number of carbonyl (C=O) groups is 2. The molecule has 1 heterocycles. The zero-order valence-electron chi connectivity index (χ0n) is 16.3. The van der Waals surface area contributed by atoms with Gasteiger partial charge in [0.25, 0.3) is 0 Å². The summed E-state index contributed by atoms with van der Waals surface area (Å²) < 4.78 is 0. The third kappa shape index (κ3) is 3.56. The largest absolute Gasteiger partial charge is 0.357 e. The second-order valence-electron chi connectivity index (χ2n) is 7.75. The van der Waals surface area contributed by atoms with E-state index < -0.39 is 6.04 Å². The van der Waals surface area contributed by atoms with Gasteiger partial charge in [-0.05, 0) is 42.7 Å². The second kappa shape index (κ2) is 7.85. The fraction of sp³-hybridized carbons (Fsp3) is 0.304. The van der Waals surface area contributed by atoms with Crippen LogP contribution in [0.2, 0.25) is 10.0 Å². The minimum Gasteiger partial charge on any atom is -0.357 e. The average molecular weight is 429 g/mol. The Morgan fingerprint density at radius 2 is 1.86 bits per heavy atom. The lowest BCUT2D eigenvalue weighted by Gasteiger charge is -2.35. The Hall–Kier alpha value is -2.30. The summed E-state index contributed by atoms with van der Waals surface area (Å²) in [6.07, 6.45) is 2.02. The Balaban J connectivity index is 2.02. The molecule has 150 valence electrons. The van der Waals surface area contributed by atoms with Gasteiger partial charge < -0.3 is 5.32 Å². The summed E-state index contributed by atoms with van der Waals surface area (Å²) in [5.74, 6) is -0.235. The van der Waals surface area contributed by atoms with Gasteiger partial charge in [0.15, 0.2) is 5.78 Å². The third-order valence-electron chi connectivity index (χ3n) is 5.43. The number of Topliss-reactive ketones (excluding diaryl/α,β-unsaturated/α-hetero) is 1. The van der Waals surface area contributed by atoms with Crippen molar-refractivity contribution in [1.82, 2.24) is 0 Å². The number of rotatable bonds is 2. The van der Waals surface area contributed by atoms with Crippen LogP contribution in [0.3, 0.4) is 0 Å². The van der Waals surface area contributed by atoms with Crippen LogP contribution < -0.4 is 10.2 Å². The molecule has 0 saturated heterocycles. The van der Waals surface area contributed by atoms with Crippen LogP contribution in [0, 0.1) is 5.92 Å². The second-order valence-corrected chi connectivity index (χ2v) is 8.56. The molecule has 29 heavy (non-hydrogen) atoms. The van der Waals surface area contributed by atoms with Gasteiger partial charge >= 0.3 is 0 Å². The van der Waals surface area contributed by atoms with Gasteiger partial charge in [0.1, 0.15) is 0 Å². The number of ketones is 1. The first-order valence-electron chi connectivity index (χ1n) is 9.78. The fourth-order valence-electron chi connectivity index (χ4n) is 4.05. The molecule has 4 rings (SSSR count). The molecule has 0 spiro atoms. The molecule has 2 aromatic rings. The Morgan fingerprint density at radius 3 is 2.59 bits per heavy atom. The van der Waals surface area contributed by atoms with Crippen LogP contribution in [0.1, 0.15) is 44.7 Å². The number of nitrogens with one attached hydrogen (secondary N) is 1. The number of fused-ring (bicyclic) bond motifs is 1. The number of hydrogen-bond donors (Lipinski definition) is 1. The van der Waals surface area contributed by atoms with Crippen LogP contribution in [0.4, 0.5) is 11.4 Å². The van der Waals surface area contributed by atoms with E-state index in [9.17, 15) is 9.59 Å². The quantitative estimate of drug-likeness (QED) is 0.623. The lowest BCUT2D eigenvalue weighted by Crippen LogP contribution is -2.40. The lowest BCUT2D eigenvalue weighted by atomic mass is 9.85. The number of anilines is 2. The molecule has 2 aromatic carbocycles. The van der Waals surface area contributed by atoms with Crippen molar-refractivity contribution in [2.24, 2.45) is 5.92 Å². The van der Waals surface area contributed by atoms with Crippen molar-refractivity contribution in [2.75, 3.05) is 10.2 Å². The van der Waals surface area contributed by atoms with E-state index in [0.29, 0.717) is 22.0 Å². The minimum atomic E-state index is -0.557. The van der Waals surface area contributed by atoms with E-state index in [1.807, 2.05) is 44.2 Å². The smallest absolute Gasteiger partial charge is 0.230 e. The van der Waals surface area contributed by atoms with Crippen LogP contribution in [0.5, 0.6) is 0 Å². The van der Waals surface area contributed by atoms with Crippen LogP contribution in [-0.2, 0) is 9.59 Å². The molecular formula is C23H22Cl2N2O2. The van der Waals surface area contributed by atoms with Crippen molar-refractivity contribution in [3.63, 3.8) is 0 Å². The number of halogens is 2. The highest BCUT2D eigenvalue weighted by molar-refractivity contribution is 6.42. The molecule has 0 bridgehead atoms. The maximum absolute atomic E-state index is 13.4. The van der Waals surface area contributed by atoms with E-state index in [4.69, 9.17) is 23.2 Å². The number of nitrogens with zero attached hydrogens (tertiary/aromatic N) is 1.